The van der Waals surface area contributed by atoms with Crippen LogP contribution in [0.5, 0.6) is 5.75 Å². The number of carbonyl (C=O) groups excluding carboxylic acids is 1. The fourth-order valence-corrected chi connectivity index (χ4v) is 6.06. The minimum atomic E-state index is -0.562. The first-order valence-electron chi connectivity index (χ1n) is 11.9. The number of aromatic nitrogens is 1. The summed E-state index contributed by atoms with van der Waals surface area (Å²) in [4.78, 5) is 21.8. The number of thiazole rings is 1. The third-order valence-corrected chi connectivity index (χ3v) is 7.87. The van der Waals surface area contributed by atoms with Crippen molar-refractivity contribution in [1.29, 1.82) is 0 Å². The molecule has 8 heteroatoms. The lowest BCUT2D eigenvalue weighted by Crippen LogP contribution is -2.50. The Hall–Kier alpha value is -2.52. The standard InChI is InChI=1S/C26H32N4O3S/c1-16-5-4-6-17(2)26(16)28-25(32)14-30-12-19-9-20(30)11-29(19)13-21(31)15-33-22-7-8-24-23(10-22)27-18(3)34-24/h4-8,10,19-21,31H,9,11-15H2,1-3H3,(H,28,32)/t19?,20?,21-/m0/s1. The van der Waals surface area contributed by atoms with E-state index in [1.54, 1.807) is 11.3 Å². The summed E-state index contributed by atoms with van der Waals surface area (Å²) < 4.78 is 6.99. The van der Waals surface area contributed by atoms with E-state index in [2.05, 4.69) is 20.1 Å². The van der Waals surface area contributed by atoms with E-state index in [1.807, 2.05) is 57.2 Å². The van der Waals surface area contributed by atoms with Gasteiger partial charge in [0.25, 0.3) is 0 Å². The largest absolute Gasteiger partial charge is 0.491 e. The van der Waals surface area contributed by atoms with Gasteiger partial charge in [0.1, 0.15) is 18.5 Å². The summed E-state index contributed by atoms with van der Waals surface area (Å²) in [5, 5.41) is 14.7. The minimum absolute atomic E-state index is 0.0391. The SMILES string of the molecule is Cc1nc2cc(OC[C@@H](O)CN3CC4CC3CN4CC(=O)Nc3c(C)cccc3C)ccc2s1. The molecule has 0 radical (unpaired) electrons. The molecule has 0 saturated carbocycles. The molecule has 5 rings (SSSR count). The predicted molar refractivity (Wildman–Crippen MR) is 136 cm³/mol. The van der Waals surface area contributed by atoms with E-state index in [4.69, 9.17) is 4.74 Å². The van der Waals surface area contributed by atoms with E-state index in [0.29, 0.717) is 25.2 Å². The van der Waals surface area contributed by atoms with Crippen LogP contribution in [-0.4, -0.2) is 76.8 Å². The molecule has 180 valence electrons. The van der Waals surface area contributed by atoms with Crippen LogP contribution in [0.2, 0.25) is 0 Å². The van der Waals surface area contributed by atoms with Crippen molar-refractivity contribution < 1.29 is 14.6 Å². The lowest BCUT2D eigenvalue weighted by molar-refractivity contribution is -0.118. The summed E-state index contributed by atoms with van der Waals surface area (Å²) in [5.74, 6) is 0.776. The maximum Gasteiger partial charge on any atom is 0.238 e. The highest BCUT2D eigenvalue weighted by atomic mass is 32.1. The second kappa shape index (κ2) is 9.62. The molecule has 3 heterocycles. The number of para-hydroxylation sites is 1. The van der Waals surface area contributed by atoms with Gasteiger partial charge in [-0.05, 0) is 50.5 Å². The summed E-state index contributed by atoms with van der Waals surface area (Å²) in [6.45, 7) is 9.02. The number of amides is 1. The first-order chi connectivity index (χ1) is 16.4. The molecular formula is C26H32N4O3S. The summed E-state index contributed by atoms with van der Waals surface area (Å²) in [6.07, 6.45) is 0.484. The monoisotopic (exact) mass is 480 g/mol. The third-order valence-electron chi connectivity index (χ3n) is 6.91. The lowest BCUT2D eigenvalue weighted by atomic mass is 10.1. The van der Waals surface area contributed by atoms with Crippen LogP contribution in [-0.2, 0) is 4.79 Å². The molecule has 2 aliphatic rings. The Morgan fingerprint density at radius 1 is 1.18 bits per heavy atom. The molecule has 0 aliphatic carbocycles. The maximum absolute atomic E-state index is 12.7. The molecule has 1 aromatic heterocycles. The quantitative estimate of drug-likeness (QED) is 0.515. The minimum Gasteiger partial charge on any atom is -0.491 e. The number of aryl methyl sites for hydroxylation is 3. The smallest absolute Gasteiger partial charge is 0.238 e. The zero-order valence-corrected chi connectivity index (χ0v) is 20.8. The molecule has 7 nitrogen and oxygen atoms in total. The number of aliphatic hydroxyl groups excluding tert-OH is 1. The number of rotatable bonds is 8. The Bertz CT molecular complexity index is 1180. The third kappa shape index (κ3) is 4.95. The van der Waals surface area contributed by atoms with Crippen LogP contribution in [0.4, 0.5) is 5.69 Å². The van der Waals surface area contributed by atoms with E-state index in [9.17, 15) is 9.90 Å². The number of ether oxygens (including phenoxy) is 1. The zero-order valence-electron chi connectivity index (χ0n) is 20.0. The number of hydrogen-bond donors (Lipinski definition) is 2. The Morgan fingerprint density at radius 3 is 2.65 bits per heavy atom. The Labute approximate surface area is 204 Å². The fraction of sp³-hybridized carbons (Fsp3) is 0.462. The van der Waals surface area contributed by atoms with Crippen molar-refractivity contribution in [3.05, 3.63) is 52.5 Å². The fourth-order valence-electron chi connectivity index (χ4n) is 5.25. The number of nitrogens with zero attached hydrogens (tertiary/aromatic N) is 3. The molecule has 2 fully saturated rings. The topological polar surface area (TPSA) is 77.9 Å². The molecule has 3 atom stereocenters. The summed E-state index contributed by atoms with van der Waals surface area (Å²) in [7, 11) is 0. The number of hydrogen-bond acceptors (Lipinski definition) is 7. The molecular weight excluding hydrogens is 448 g/mol. The molecule has 0 spiro atoms. The van der Waals surface area contributed by atoms with Gasteiger partial charge in [0.2, 0.25) is 5.91 Å². The number of carbonyl (C=O) groups is 1. The van der Waals surface area contributed by atoms with Gasteiger partial charge in [-0.2, -0.15) is 0 Å². The molecule has 2 N–H and O–H groups in total. The lowest BCUT2D eigenvalue weighted by Gasteiger charge is -2.34. The van der Waals surface area contributed by atoms with E-state index in [-0.39, 0.29) is 12.5 Å². The van der Waals surface area contributed by atoms with E-state index in [1.165, 1.54) is 0 Å². The number of likely N-dealkylation sites (tertiary alicyclic amines) is 2. The van der Waals surface area contributed by atoms with Gasteiger partial charge < -0.3 is 15.2 Å². The predicted octanol–water partition coefficient (Wildman–Crippen LogP) is 3.36. The summed E-state index contributed by atoms with van der Waals surface area (Å²) >= 11 is 1.67. The van der Waals surface area contributed by atoms with Gasteiger partial charge in [-0.3, -0.25) is 14.6 Å². The number of β-amino-alcohol motifs (C(OH)–C–C–N with tert-alkyl or cyclic N) is 1. The zero-order chi connectivity index (χ0) is 23.8. The number of nitrogens with one attached hydrogen (secondary N) is 1. The number of benzene rings is 2. The van der Waals surface area contributed by atoms with Gasteiger partial charge in [0.15, 0.2) is 0 Å². The van der Waals surface area contributed by atoms with Crippen molar-refractivity contribution in [3.63, 3.8) is 0 Å². The van der Waals surface area contributed by atoms with Gasteiger partial charge in [0.05, 0.1) is 21.8 Å². The van der Waals surface area contributed by atoms with Crippen molar-refractivity contribution in [2.24, 2.45) is 0 Å². The van der Waals surface area contributed by atoms with Crippen LogP contribution in [0.15, 0.2) is 36.4 Å². The molecule has 2 saturated heterocycles. The highest BCUT2D eigenvalue weighted by Crippen LogP contribution is 2.31. The number of anilines is 1. The number of fused-ring (bicyclic) bond motifs is 3. The van der Waals surface area contributed by atoms with Gasteiger partial charge in [-0.25, -0.2) is 4.98 Å². The normalized spacial score (nSPS) is 21.3. The molecule has 3 aromatic rings. The second-order valence-electron chi connectivity index (χ2n) is 9.57. The van der Waals surface area contributed by atoms with Crippen LogP contribution in [0.1, 0.15) is 22.6 Å². The summed E-state index contributed by atoms with van der Waals surface area (Å²) in [6, 6.07) is 12.7. The molecule has 2 aliphatic heterocycles. The molecule has 2 unspecified atom stereocenters. The van der Waals surface area contributed by atoms with Crippen molar-refractivity contribution in [2.75, 3.05) is 38.1 Å². The highest BCUT2D eigenvalue weighted by molar-refractivity contribution is 7.18. The second-order valence-corrected chi connectivity index (χ2v) is 10.8. The number of aliphatic hydroxyl groups is 1. The Balaban J connectivity index is 1.08. The summed E-state index contributed by atoms with van der Waals surface area (Å²) in [5.41, 5.74) is 4.03. The van der Waals surface area contributed by atoms with E-state index < -0.39 is 6.10 Å². The van der Waals surface area contributed by atoms with Crippen LogP contribution >= 0.6 is 11.3 Å². The first kappa shape index (κ1) is 23.2. The van der Waals surface area contributed by atoms with E-state index in [0.717, 1.165) is 57.3 Å². The van der Waals surface area contributed by atoms with Crippen molar-refractivity contribution in [2.45, 2.75) is 45.4 Å². The van der Waals surface area contributed by atoms with Gasteiger partial charge in [0, 0.05) is 43.5 Å². The van der Waals surface area contributed by atoms with Crippen LogP contribution in [0.25, 0.3) is 10.2 Å². The average Bonchev–Trinajstić information content (AvgIpc) is 3.47. The molecule has 2 bridgehead atoms. The average molecular weight is 481 g/mol. The van der Waals surface area contributed by atoms with Crippen molar-refractivity contribution in [3.8, 4) is 5.75 Å². The highest BCUT2D eigenvalue weighted by Gasteiger charge is 2.43. The molecule has 34 heavy (non-hydrogen) atoms. The van der Waals surface area contributed by atoms with Crippen molar-refractivity contribution in [1.82, 2.24) is 14.8 Å². The first-order valence-corrected chi connectivity index (χ1v) is 12.7. The van der Waals surface area contributed by atoms with Gasteiger partial charge >= 0.3 is 0 Å². The maximum atomic E-state index is 12.7. The van der Waals surface area contributed by atoms with Gasteiger partial charge in [-0.1, -0.05) is 18.2 Å². The van der Waals surface area contributed by atoms with E-state index >= 15 is 0 Å². The van der Waals surface area contributed by atoms with Crippen LogP contribution < -0.4 is 10.1 Å². The number of piperazine rings is 1. The Morgan fingerprint density at radius 2 is 1.91 bits per heavy atom. The van der Waals surface area contributed by atoms with Crippen LogP contribution in [0, 0.1) is 20.8 Å². The Kier molecular flexibility index (Phi) is 6.57. The molecule has 1 amide bonds. The molecule has 2 aromatic carbocycles. The van der Waals surface area contributed by atoms with Crippen molar-refractivity contribution >= 4 is 33.1 Å². The van der Waals surface area contributed by atoms with Crippen LogP contribution in [0.3, 0.4) is 0 Å². The van der Waals surface area contributed by atoms with Gasteiger partial charge in [-0.15, -0.1) is 11.3 Å².